The van der Waals surface area contributed by atoms with Crippen molar-refractivity contribution >= 4 is 24.2 Å². The molecule has 1 aromatic rings. The monoisotopic (exact) mass is 206 g/mol. The Balaban J connectivity index is 3.18. The largest absolute Gasteiger partial charge is 0.489 e. The highest BCUT2D eigenvalue weighted by atomic mass is 35.5. The summed E-state index contributed by atoms with van der Waals surface area (Å²) in [7, 11) is -1.83. The van der Waals surface area contributed by atoms with E-state index in [2.05, 4.69) is 0 Å². The quantitative estimate of drug-likeness (QED) is 0.708. The third-order valence-corrected chi connectivity index (χ3v) is 2.01. The lowest BCUT2D eigenvalue weighted by atomic mass is 9.79. The van der Waals surface area contributed by atoms with E-state index < -0.39 is 19.1 Å². The SMILES string of the molecule is OB(O)c1cccc(C(F)F)c1Cl. The second kappa shape index (κ2) is 4.04. The molecule has 2 nitrogen and oxygen atoms in total. The van der Waals surface area contributed by atoms with Crippen LogP contribution in [-0.4, -0.2) is 17.2 Å². The molecule has 0 bridgehead atoms. The summed E-state index contributed by atoms with van der Waals surface area (Å²) >= 11 is 5.50. The van der Waals surface area contributed by atoms with E-state index in [1.165, 1.54) is 12.1 Å². The molecular weight excluding hydrogens is 200 g/mol. The van der Waals surface area contributed by atoms with Crippen LogP contribution in [0.25, 0.3) is 0 Å². The second-order valence-electron chi connectivity index (χ2n) is 2.42. The van der Waals surface area contributed by atoms with Crippen LogP contribution in [0.5, 0.6) is 0 Å². The predicted molar refractivity (Wildman–Crippen MR) is 46.2 cm³/mol. The third-order valence-electron chi connectivity index (χ3n) is 1.57. The topological polar surface area (TPSA) is 40.5 Å². The molecule has 0 spiro atoms. The summed E-state index contributed by atoms with van der Waals surface area (Å²) in [5.41, 5.74) is -0.508. The van der Waals surface area contributed by atoms with Gasteiger partial charge >= 0.3 is 7.12 Å². The summed E-state index contributed by atoms with van der Waals surface area (Å²) in [6.45, 7) is 0. The molecule has 0 heterocycles. The summed E-state index contributed by atoms with van der Waals surface area (Å²) in [4.78, 5) is 0. The van der Waals surface area contributed by atoms with Crippen molar-refractivity contribution < 1.29 is 18.8 Å². The summed E-state index contributed by atoms with van der Waals surface area (Å²) in [6, 6.07) is 3.71. The highest BCUT2D eigenvalue weighted by molar-refractivity contribution is 6.62. The molecule has 0 aliphatic rings. The average molecular weight is 206 g/mol. The second-order valence-corrected chi connectivity index (χ2v) is 2.80. The molecule has 2 N–H and O–H groups in total. The van der Waals surface area contributed by atoms with Gasteiger partial charge in [-0.25, -0.2) is 8.78 Å². The van der Waals surface area contributed by atoms with Gasteiger partial charge in [0.05, 0.1) is 0 Å². The Morgan fingerprint density at radius 3 is 2.38 bits per heavy atom. The zero-order valence-corrected chi connectivity index (χ0v) is 7.17. The van der Waals surface area contributed by atoms with Gasteiger partial charge in [0.15, 0.2) is 0 Å². The average Bonchev–Trinajstić information content (AvgIpc) is 2.03. The molecule has 13 heavy (non-hydrogen) atoms. The van der Waals surface area contributed by atoms with Crippen molar-refractivity contribution in [2.75, 3.05) is 0 Å². The maximum absolute atomic E-state index is 12.2. The molecule has 6 heteroatoms. The van der Waals surface area contributed by atoms with E-state index in [0.717, 1.165) is 6.07 Å². The molecule has 0 saturated heterocycles. The van der Waals surface area contributed by atoms with Crippen LogP contribution in [0.15, 0.2) is 18.2 Å². The molecule has 0 amide bonds. The summed E-state index contributed by atoms with van der Waals surface area (Å²) in [6.07, 6.45) is -2.72. The number of hydrogen-bond donors (Lipinski definition) is 2. The van der Waals surface area contributed by atoms with Gasteiger partial charge in [0, 0.05) is 16.0 Å². The van der Waals surface area contributed by atoms with Crippen LogP contribution in [0.1, 0.15) is 12.0 Å². The molecular formula is C7H6BClF2O2. The van der Waals surface area contributed by atoms with Gasteiger partial charge in [0.25, 0.3) is 6.43 Å². The summed E-state index contributed by atoms with van der Waals surface area (Å²) in [5, 5.41) is 17.2. The zero-order valence-electron chi connectivity index (χ0n) is 6.42. The van der Waals surface area contributed by atoms with Crippen LogP contribution >= 0.6 is 11.6 Å². The van der Waals surface area contributed by atoms with E-state index in [1.54, 1.807) is 0 Å². The van der Waals surface area contributed by atoms with Crippen LogP contribution in [-0.2, 0) is 0 Å². The van der Waals surface area contributed by atoms with Crippen LogP contribution in [0.2, 0.25) is 5.02 Å². The van der Waals surface area contributed by atoms with Gasteiger partial charge in [0.1, 0.15) is 0 Å². The van der Waals surface area contributed by atoms with Gasteiger partial charge < -0.3 is 10.0 Å². The van der Waals surface area contributed by atoms with Crippen molar-refractivity contribution in [2.45, 2.75) is 6.43 Å². The van der Waals surface area contributed by atoms with E-state index in [-0.39, 0.29) is 10.5 Å². The summed E-state index contributed by atoms with van der Waals surface area (Å²) < 4.78 is 24.4. The maximum Gasteiger partial charge on any atom is 0.489 e. The molecule has 0 radical (unpaired) electrons. The van der Waals surface area contributed by atoms with E-state index in [9.17, 15) is 8.78 Å². The van der Waals surface area contributed by atoms with Crippen LogP contribution in [0.4, 0.5) is 8.78 Å². The Morgan fingerprint density at radius 1 is 1.31 bits per heavy atom. The van der Waals surface area contributed by atoms with Crippen molar-refractivity contribution in [3.63, 3.8) is 0 Å². The highest BCUT2D eigenvalue weighted by Gasteiger charge is 2.20. The predicted octanol–water partition coefficient (Wildman–Crippen LogP) is 0.957. The first-order valence-electron chi connectivity index (χ1n) is 3.46. The van der Waals surface area contributed by atoms with E-state index in [1.807, 2.05) is 0 Å². The smallest absolute Gasteiger partial charge is 0.423 e. The van der Waals surface area contributed by atoms with Crippen molar-refractivity contribution in [1.82, 2.24) is 0 Å². The summed E-state index contributed by atoms with van der Waals surface area (Å²) in [5.74, 6) is 0. The molecule has 0 atom stereocenters. The number of hydrogen-bond acceptors (Lipinski definition) is 2. The molecule has 0 aliphatic heterocycles. The van der Waals surface area contributed by atoms with Gasteiger partial charge in [-0.1, -0.05) is 29.8 Å². The van der Waals surface area contributed by atoms with Gasteiger partial charge in [0.2, 0.25) is 0 Å². The molecule has 0 saturated carbocycles. The van der Waals surface area contributed by atoms with E-state index >= 15 is 0 Å². The fraction of sp³-hybridized carbons (Fsp3) is 0.143. The molecule has 70 valence electrons. The van der Waals surface area contributed by atoms with Crippen molar-refractivity contribution in [2.24, 2.45) is 0 Å². The zero-order chi connectivity index (χ0) is 10.0. The molecule has 0 aliphatic carbocycles. The van der Waals surface area contributed by atoms with Gasteiger partial charge in [-0.15, -0.1) is 0 Å². The maximum atomic E-state index is 12.2. The number of benzene rings is 1. The van der Waals surface area contributed by atoms with Gasteiger partial charge in [-0.2, -0.15) is 0 Å². The van der Waals surface area contributed by atoms with Crippen molar-refractivity contribution in [3.8, 4) is 0 Å². The lowest BCUT2D eigenvalue weighted by Crippen LogP contribution is -2.31. The lowest BCUT2D eigenvalue weighted by molar-refractivity contribution is 0.151. The molecule has 0 aromatic heterocycles. The van der Waals surface area contributed by atoms with Crippen molar-refractivity contribution in [1.29, 1.82) is 0 Å². The van der Waals surface area contributed by atoms with Crippen LogP contribution in [0.3, 0.4) is 0 Å². The Hall–Kier alpha value is -0.645. The Kier molecular flexibility index (Phi) is 3.25. The van der Waals surface area contributed by atoms with E-state index in [0.29, 0.717) is 0 Å². The van der Waals surface area contributed by atoms with Gasteiger partial charge in [-0.3, -0.25) is 0 Å². The normalized spacial score (nSPS) is 10.6. The minimum absolute atomic E-state index is 0.112. The van der Waals surface area contributed by atoms with Crippen LogP contribution < -0.4 is 5.46 Å². The minimum atomic E-state index is -2.72. The van der Waals surface area contributed by atoms with Crippen LogP contribution in [0, 0.1) is 0 Å². The Morgan fingerprint density at radius 2 is 1.92 bits per heavy atom. The first kappa shape index (κ1) is 10.4. The lowest BCUT2D eigenvalue weighted by Gasteiger charge is -2.07. The Bertz CT molecular complexity index is 280. The van der Waals surface area contributed by atoms with Crippen molar-refractivity contribution in [3.05, 3.63) is 28.8 Å². The van der Waals surface area contributed by atoms with E-state index in [4.69, 9.17) is 21.6 Å². The van der Waals surface area contributed by atoms with Gasteiger partial charge in [-0.05, 0) is 0 Å². The molecule has 1 aromatic carbocycles. The fourth-order valence-electron chi connectivity index (χ4n) is 0.936. The Labute approximate surface area is 78.9 Å². The standard InChI is InChI=1S/C7H6BClF2O2/c9-6-4(7(10)11)2-1-3-5(6)8(12)13/h1-3,7,12-13H. The number of alkyl halides is 2. The third kappa shape index (κ3) is 2.18. The number of halogens is 3. The highest BCUT2D eigenvalue weighted by Crippen LogP contribution is 2.25. The molecule has 0 fully saturated rings. The molecule has 0 unspecified atom stereocenters. The molecule has 1 rings (SSSR count). The first-order chi connectivity index (χ1) is 6.04. The fourth-order valence-corrected chi connectivity index (χ4v) is 1.24. The minimum Gasteiger partial charge on any atom is -0.423 e. The number of rotatable bonds is 2. The first-order valence-corrected chi connectivity index (χ1v) is 3.84.